The zero-order valence-electron chi connectivity index (χ0n) is 13.0. The predicted molar refractivity (Wildman–Crippen MR) is 81.2 cm³/mol. The van der Waals surface area contributed by atoms with Crippen LogP contribution in [0.1, 0.15) is 40.5 Å². The molecule has 0 aliphatic heterocycles. The number of hydrogen-bond acceptors (Lipinski definition) is 5. The molecule has 0 spiro atoms. The standard InChI is InChI=1S/C13H32N2O3Si/c1-5-16-19(17-6-2,18-7-3)12-9-13(4)15-11-8-10-14/h13,15H,5-12,14H2,1-4H3. The largest absolute Gasteiger partial charge is 0.500 e. The summed E-state index contributed by atoms with van der Waals surface area (Å²) in [5, 5.41) is 3.46. The van der Waals surface area contributed by atoms with E-state index < -0.39 is 8.80 Å². The van der Waals surface area contributed by atoms with E-state index in [1.807, 2.05) is 20.8 Å². The first-order valence-corrected chi connectivity index (χ1v) is 9.42. The van der Waals surface area contributed by atoms with Crippen molar-refractivity contribution in [1.82, 2.24) is 5.32 Å². The van der Waals surface area contributed by atoms with Gasteiger partial charge in [-0.2, -0.15) is 0 Å². The van der Waals surface area contributed by atoms with Gasteiger partial charge in [0.1, 0.15) is 0 Å². The van der Waals surface area contributed by atoms with Crippen LogP contribution in [0.4, 0.5) is 0 Å². The summed E-state index contributed by atoms with van der Waals surface area (Å²) in [5.74, 6) is 0. The highest BCUT2D eigenvalue weighted by molar-refractivity contribution is 6.60. The highest BCUT2D eigenvalue weighted by atomic mass is 28.4. The van der Waals surface area contributed by atoms with Crippen LogP contribution in [0.2, 0.25) is 6.04 Å². The minimum Gasteiger partial charge on any atom is -0.374 e. The summed E-state index contributed by atoms with van der Waals surface area (Å²) in [6.45, 7) is 11.8. The minimum absolute atomic E-state index is 0.430. The second kappa shape index (κ2) is 11.8. The zero-order chi connectivity index (χ0) is 14.6. The van der Waals surface area contributed by atoms with Gasteiger partial charge in [0.15, 0.2) is 0 Å². The average molecular weight is 292 g/mol. The Morgan fingerprint density at radius 2 is 1.58 bits per heavy atom. The molecule has 0 aliphatic carbocycles. The maximum absolute atomic E-state index is 5.83. The lowest BCUT2D eigenvalue weighted by Gasteiger charge is -2.29. The molecule has 0 aromatic rings. The highest BCUT2D eigenvalue weighted by Crippen LogP contribution is 2.19. The van der Waals surface area contributed by atoms with E-state index in [1.54, 1.807) is 0 Å². The third-order valence-electron chi connectivity index (χ3n) is 2.85. The van der Waals surface area contributed by atoms with E-state index in [4.69, 9.17) is 19.0 Å². The van der Waals surface area contributed by atoms with Gasteiger partial charge < -0.3 is 24.3 Å². The minimum atomic E-state index is -2.47. The van der Waals surface area contributed by atoms with Crippen LogP contribution in [-0.4, -0.2) is 47.8 Å². The Labute approximate surface area is 119 Å². The number of hydrogen-bond donors (Lipinski definition) is 2. The number of nitrogens with two attached hydrogens (primary N) is 1. The molecule has 116 valence electrons. The van der Waals surface area contributed by atoms with Crippen molar-refractivity contribution in [3.63, 3.8) is 0 Å². The molecule has 0 saturated heterocycles. The average Bonchev–Trinajstić information content (AvgIpc) is 2.38. The molecule has 0 fully saturated rings. The van der Waals surface area contributed by atoms with Gasteiger partial charge >= 0.3 is 8.80 Å². The monoisotopic (exact) mass is 292 g/mol. The van der Waals surface area contributed by atoms with Crippen LogP contribution in [-0.2, 0) is 13.3 Å². The second-order valence-electron chi connectivity index (χ2n) is 4.52. The Hall–Kier alpha value is 0.0169. The Kier molecular flexibility index (Phi) is 11.8. The predicted octanol–water partition coefficient (Wildman–Crippen LogP) is 1.75. The van der Waals surface area contributed by atoms with Gasteiger partial charge in [-0.1, -0.05) is 0 Å². The van der Waals surface area contributed by atoms with Crippen molar-refractivity contribution in [3.05, 3.63) is 0 Å². The SMILES string of the molecule is CCO[Si](CCC(C)NCCCN)(OCC)OCC. The molecule has 0 aromatic heterocycles. The van der Waals surface area contributed by atoms with E-state index >= 15 is 0 Å². The normalized spacial score (nSPS) is 13.7. The van der Waals surface area contributed by atoms with E-state index in [1.165, 1.54) is 0 Å². The van der Waals surface area contributed by atoms with Crippen molar-refractivity contribution in [2.45, 2.75) is 52.6 Å². The molecule has 0 saturated carbocycles. The van der Waals surface area contributed by atoms with Crippen LogP contribution >= 0.6 is 0 Å². The first-order chi connectivity index (χ1) is 9.14. The summed E-state index contributed by atoms with van der Waals surface area (Å²) >= 11 is 0. The quantitative estimate of drug-likeness (QED) is 0.400. The van der Waals surface area contributed by atoms with Crippen molar-refractivity contribution in [1.29, 1.82) is 0 Å². The first-order valence-electron chi connectivity index (χ1n) is 7.49. The van der Waals surface area contributed by atoms with Crippen LogP contribution < -0.4 is 11.1 Å². The Morgan fingerprint density at radius 3 is 2.00 bits per heavy atom. The number of rotatable bonds is 13. The lowest BCUT2D eigenvalue weighted by atomic mass is 10.2. The summed E-state index contributed by atoms with van der Waals surface area (Å²) < 4.78 is 17.5. The first kappa shape index (κ1) is 19.0. The lowest BCUT2D eigenvalue weighted by molar-refractivity contribution is 0.0701. The van der Waals surface area contributed by atoms with Crippen LogP contribution in [0.15, 0.2) is 0 Å². The van der Waals surface area contributed by atoms with Gasteiger partial charge in [0.25, 0.3) is 0 Å². The topological polar surface area (TPSA) is 65.7 Å². The van der Waals surface area contributed by atoms with Crippen LogP contribution in [0, 0.1) is 0 Å². The summed E-state index contributed by atoms with van der Waals surface area (Å²) in [4.78, 5) is 0. The van der Waals surface area contributed by atoms with Gasteiger partial charge in [-0.05, 0) is 53.6 Å². The Bertz CT molecular complexity index is 191. The van der Waals surface area contributed by atoms with E-state index in [2.05, 4.69) is 12.2 Å². The molecule has 1 atom stereocenters. The van der Waals surface area contributed by atoms with Gasteiger partial charge in [0, 0.05) is 31.9 Å². The van der Waals surface area contributed by atoms with E-state index in [0.29, 0.717) is 25.9 Å². The van der Waals surface area contributed by atoms with E-state index in [-0.39, 0.29) is 0 Å². The van der Waals surface area contributed by atoms with Crippen molar-refractivity contribution >= 4 is 8.80 Å². The molecule has 6 heteroatoms. The van der Waals surface area contributed by atoms with Gasteiger partial charge in [0.2, 0.25) is 0 Å². The van der Waals surface area contributed by atoms with Crippen molar-refractivity contribution in [2.24, 2.45) is 5.73 Å². The smallest absolute Gasteiger partial charge is 0.374 e. The molecule has 0 rings (SSSR count). The summed E-state index contributed by atoms with van der Waals surface area (Å²) in [5.41, 5.74) is 5.48. The molecule has 3 N–H and O–H groups in total. The van der Waals surface area contributed by atoms with Crippen LogP contribution in [0.5, 0.6) is 0 Å². The molecular weight excluding hydrogens is 260 g/mol. The molecule has 5 nitrogen and oxygen atoms in total. The molecule has 0 bridgehead atoms. The highest BCUT2D eigenvalue weighted by Gasteiger charge is 2.40. The fraction of sp³-hybridized carbons (Fsp3) is 1.00. The zero-order valence-corrected chi connectivity index (χ0v) is 14.0. The molecule has 0 aliphatic rings. The fourth-order valence-electron chi connectivity index (χ4n) is 1.95. The van der Waals surface area contributed by atoms with Crippen LogP contribution in [0.25, 0.3) is 0 Å². The summed E-state index contributed by atoms with van der Waals surface area (Å²) in [7, 11) is -2.47. The molecule has 1 unspecified atom stereocenters. The molecule has 0 amide bonds. The van der Waals surface area contributed by atoms with Gasteiger partial charge in [-0.15, -0.1) is 0 Å². The molecule has 0 radical (unpaired) electrons. The van der Waals surface area contributed by atoms with Crippen molar-refractivity contribution < 1.29 is 13.3 Å². The van der Waals surface area contributed by atoms with E-state index in [9.17, 15) is 0 Å². The Balaban J connectivity index is 4.21. The molecule has 0 heterocycles. The third-order valence-corrected chi connectivity index (χ3v) is 5.94. The fourth-order valence-corrected chi connectivity index (χ4v) is 4.74. The molecule has 0 aromatic carbocycles. The van der Waals surface area contributed by atoms with Crippen molar-refractivity contribution in [2.75, 3.05) is 32.9 Å². The Morgan fingerprint density at radius 1 is 1.05 bits per heavy atom. The molecular formula is C13H32N2O3Si. The lowest BCUT2D eigenvalue weighted by Crippen LogP contribution is -2.47. The molecule has 19 heavy (non-hydrogen) atoms. The van der Waals surface area contributed by atoms with Gasteiger partial charge in [0.05, 0.1) is 0 Å². The second-order valence-corrected chi connectivity index (χ2v) is 7.25. The summed E-state index contributed by atoms with van der Waals surface area (Å²) in [6.07, 6.45) is 2.01. The summed E-state index contributed by atoms with van der Waals surface area (Å²) in [6, 6.07) is 1.29. The van der Waals surface area contributed by atoms with Crippen LogP contribution in [0.3, 0.4) is 0 Å². The third kappa shape index (κ3) is 8.72. The maximum atomic E-state index is 5.83. The van der Waals surface area contributed by atoms with Gasteiger partial charge in [-0.3, -0.25) is 0 Å². The van der Waals surface area contributed by atoms with Gasteiger partial charge in [-0.25, -0.2) is 0 Å². The van der Waals surface area contributed by atoms with E-state index in [0.717, 1.165) is 32.0 Å². The van der Waals surface area contributed by atoms with Crippen molar-refractivity contribution in [3.8, 4) is 0 Å². The maximum Gasteiger partial charge on any atom is 0.500 e. The number of nitrogens with one attached hydrogen (secondary N) is 1.